The first-order valence-corrected chi connectivity index (χ1v) is 6.45. The smallest absolute Gasteiger partial charge is 0.299 e. The first-order valence-electron chi connectivity index (χ1n) is 6.45. The predicted molar refractivity (Wildman–Crippen MR) is 68.0 cm³/mol. The number of rotatable bonds is 2. The van der Waals surface area contributed by atoms with Gasteiger partial charge >= 0.3 is 0 Å². The van der Waals surface area contributed by atoms with Gasteiger partial charge in [-0.25, -0.2) is 8.78 Å². The van der Waals surface area contributed by atoms with Crippen LogP contribution < -0.4 is 4.90 Å². The highest BCUT2D eigenvalue weighted by molar-refractivity contribution is 5.46. The Morgan fingerprint density at radius 3 is 2.55 bits per heavy atom. The van der Waals surface area contributed by atoms with Crippen LogP contribution in [0.15, 0.2) is 12.1 Å². The first kappa shape index (κ1) is 13.2. The third-order valence-electron chi connectivity index (χ3n) is 3.21. The fourth-order valence-electron chi connectivity index (χ4n) is 2.47. The van der Waals surface area contributed by atoms with E-state index < -0.39 is 12.2 Å². The summed E-state index contributed by atoms with van der Waals surface area (Å²) < 4.78 is 32.4. The van der Waals surface area contributed by atoms with Gasteiger partial charge in [0.2, 0.25) is 5.82 Å². The van der Waals surface area contributed by atoms with Crippen LogP contribution in [0.3, 0.4) is 0 Å². The number of halogens is 2. The Labute approximate surface area is 114 Å². The molecule has 3 heterocycles. The van der Waals surface area contributed by atoms with E-state index in [1.54, 1.807) is 12.1 Å². The lowest BCUT2D eigenvalue weighted by Gasteiger charge is -2.35. The van der Waals surface area contributed by atoms with Crippen molar-refractivity contribution in [2.75, 3.05) is 18.0 Å². The molecular weight excluding hydrogens is 268 g/mol. The van der Waals surface area contributed by atoms with Crippen LogP contribution in [-0.4, -0.2) is 45.1 Å². The summed E-state index contributed by atoms with van der Waals surface area (Å²) in [6.07, 6.45) is -2.55. The Bertz CT molecular complexity index is 607. The topological polar surface area (TPSA) is 55.6 Å². The van der Waals surface area contributed by atoms with Crippen LogP contribution in [0.25, 0.3) is 5.65 Å². The van der Waals surface area contributed by atoms with Crippen LogP contribution in [0.5, 0.6) is 0 Å². The summed E-state index contributed by atoms with van der Waals surface area (Å²) in [4.78, 5) is 2.02. The molecule has 0 radical (unpaired) electrons. The molecule has 20 heavy (non-hydrogen) atoms. The number of aromatic nitrogens is 4. The number of nitrogens with zero attached hydrogens (tertiary/aromatic N) is 5. The molecular formula is C12H15F2N5O. The number of fused-ring (bicyclic) bond motifs is 1. The van der Waals surface area contributed by atoms with Crippen LogP contribution in [-0.2, 0) is 4.74 Å². The molecule has 2 aromatic heterocycles. The summed E-state index contributed by atoms with van der Waals surface area (Å²) >= 11 is 0. The van der Waals surface area contributed by atoms with E-state index in [0.717, 1.165) is 4.52 Å². The zero-order valence-electron chi connectivity index (χ0n) is 11.2. The van der Waals surface area contributed by atoms with Gasteiger partial charge in [0.05, 0.1) is 12.2 Å². The van der Waals surface area contributed by atoms with Gasteiger partial charge in [0.15, 0.2) is 5.65 Å². The second-order valence-corrected chi connectivity index (χ2v) is 4.98. The molecule has 0 amide bonds. The number of morpholine rings is 1. The van der Waals surface area contributed by atoms with Gasteiger partial charge in [0.25, 0.3) is 6.43 Å². The van der Waals surface area contributed by atoms with E-state index in [1.165, 1.54) is 0 Å². The minimum absolute atomic E-state index is 0.0757. The van der Waals surface area contributed by atoms with Crippen molar-refractivity contribution >= 4 is 11.5 Å². The molecule has 2 aromatic rings. The molecule has 0 bridgehead atoms. The van der Waals surface area contributed by atoms with Crippen LogP contribution in [0.4, 0.5) is 14.6 Å². The SMILES string of the molecule is CC1CN(c2ccc3nnc(C(F)F)n3n2)CC(C)O1. The zero-order valence-corrected chi connectivity index (χ0v) is 11.2. The Hall–Kier alpha value is -1.83. The van der Waals surface area contributed by atoms with E-state index in [9.17, 15) is 8.78 Å². The lowest BCUT2D eigenvalue weighted by atomic mass is 10.2. The molecule has 108 valence electrons. The third kappa shape index (κ3) is 2.31. The quantitative estimate of drug-likeness (QED) is 0.839. The Balaban J connectivity index is 1.97. The van der Waals surface area contributed by atoms with Gasteiger partial charge in [0, 0.05) is 13.1 Å². The molecule has 8 heteroatoms. The Kier molecular flexibility index (Phi) is 3.25. The molecule has 1 saturated heterocycles. The summed E-state index contributed by atoms with van der Waals surface area (Å²) in [6, 6.07) is 3.41. The van der Waals surface area contributed by atoms with Crippen molar-refractivity contribution in [1.29, 1.82) is 0 Å². The van der Waals surface area contributed by atoms with Crippen molar-refractivity contribution in [3.05, 3.63) is 18.0 Å². The van der Waals surface area contributed by atoms with Crippen molar-refractivity contribution in [2.24, 2.45) is 0 Å². The second kappa shape index (κ2) is 4.93. The van der Waals surface area contributed by atoms with Crippen LogP contribution in [0.2, 0.25) is 0 Å². The average molecular weight is 283 g/mol. The largest absolute Gasteiger partial charge is 0.372 e. The van der Waals surface area contributed by atoms with E-state index in [4.69, 9.17) is 4.74 Å². The van der Waals surface area contributed by atoms with E-state index in [1.807, 2.05) is 18.7 Å². The molecule has 0 aliphatic carbocycles. The van der Waals surface area contributed by atoms with Crippen LogP contribution in [0.1, 0.15) is 26.1 Å². The Morgan fingerprint density at radius 1 is 1.20 bits per heavy atom. The zero-order chi connectivity index (χ0) is 14.3. The average Bonchev–Trinajstić information content (AvgIpc) is 2.80. The summed E-state index contributed by atoms with van der Waals surface area (Å²) in [5.74, 6) is 0.192. The highest BCUT2D eigenvalue weighted by atomic mass is 19.3. The monoisotopic (exact) mass is 283 g/mol. The molecule has 0 aromatic carbocycles. The van der Waals surface area contributed by atoms with Crippen molar-refractivity contribution in [1.82, 2.24) is 19.8 Å². The summed E-state index contributed by atoms with van der Waals surface area (Å²) in [6.45, 7) is 5.30. The summed E-state index contributed by atoms with van der Waals surface area (Å²) in [5, 5.41) is 11.4. The molecule has 1 aliphatic heterocycles. The van der Waals surface area contributed by atoms with Gasteiger partial charge in [-0.2, -0.15) is 4.52 Å². The van der Waals surface area contributed by atoms with Gasteiger partial charge < -0.3 is 9.64 Å². The summed E-state index contributed by atoms with van der Waals surface area (Å²) in [5.41, 5.74) is 0.318. The lowest BCUT2D eigenvalue weighted by molar-refractivity contribution is -0.00553. The van der Waals surface area contributed by atoms with Gasteiger partial charge in [-0.05, 0) is 26.0 Å². The van der Waals surface area contributed by atoms with E-state index in [-0.39, 0.29) is 12.2 Å². The molecule has 3 rings (SSSR count). The maximum absolute atomic E-state index is 12.8. The van der Waals surface area contributed by atoms with Crippen molar-refractivity contribution < 1.29 is 13.5 Å². The fourth-order valence-corrected chi connectivity index (χ4v) is 2.47. The van der Waals surface area contributed by atoms with Crippen LogP contribution >= 0.6 is 0 Å². The molecule has 6 nitrogen and oxygen atoms in total. The maximum atomic E-state index is 12.8. The van der Waals surface area contributed by atoms with Crippen molar-refractivity contribution in [3.63, 3.8) is 0 Å². The lowest BCUT2D eigenvalue weighted by Crippen LogP contribution is -2.46. The number of ether oxygens (including phenoxy) is 1. The molecule has 0 spiro atoms. The Morgan fingerprint density at radius 2 is 1.90 bits per heavy atom. The van der Waals surface area contributed by atoms with Gasteiger partial charge in [-0.3, -0.25) is 0 Å². The molecule has 2 unspecified atom stereocenters. The molecule has 1 fully saturated rings. The normalized spacial score (nSPS) is 23.8. The third-order valence-corrected chi connectivity index (χ3v) is 3.21. The van der Waals surface area contributed by atoms with Crippen molar-refractivity contribution in [3.8, 4) is 0 Å². The van der Waals surface area contributed by atoms with Gasteiger partial charge in [-0.1, -0.05) is 0 Å². The fraction of sp³-hybridized carbons (Fsp3) is 0.583. The number of hydrogen-bond donors (Lipinski definition) is 0. The van der Waals surface area contributed by atoms with Gasteiger partial charge in [-0.15, -0.1) is 15.3 Å². The van der Waals surface area contributed by atoms with E-state index >= 15 is 0 Å². The molecule has 0 N–H and O–H groups in total. The highest BCUT2D eigenvalue weighted by Crippen LogP contribution is 2.21. The summed E-state index contributed by atoms with van der Waals surface area (Å²) in [7, 11) is 0. The molecule has 0 saturated carbocycles. The second-order valence-electron chi connectivity index (χ2n) is 4.98. The van der Waals surface area contributed by atoms with Gasteiger partial charge in [0.1, 0.15) is 5.82 Å². The van der Waals surface area contributed by atoms with Crippen molar-refractivity contribution in [2.45, 2.75) is 32.5 Å². The highest BCUT2D eigenvalue weighted by Gasteiger charge is 2.24. The number of hydrogen-bond acceptors (Lipinski definition) is 5. The molecule has 2 atom stereocenters. The maximum Gasteiger partial charge on any atom is 0.299 e. The minimum Gasteiger partial charge on any atom is -0.372 e. The van der Waals surface area contributed by atoms with Crippen LogP contribution in [0, 0.1) is 0 Å². The van der Waals surface area contributed by atoms with E-state index in [0.29, 0.717) is 24.6 Å². The van der Waals surface area contributed by atoms with E-state index in [2.05, 4.69) is 15.3 Å². The minimum atomic E-state index is -2.70. The number of alkyl halides is 2. The predicted octanol–water partition coefficient (Wildman–Crippen LogP) is 1.68. The number of anilines is 1. The standard InChI is InChI=1S/C12H15F2N5O/c1-7-5-18(6-8(2)20-7)10-4-3-9-15-16-12(11(13)14)19(9)17-10/h3-4,7-8,11H,5-6H2,1-2H3. The first-order chi connectivity index (χ1) is 9.54. The molecule has 1 aliphatic rings.